The molecule has 11 nitrogen and oxygen atoms in total. The Morgan fingerprint density at radius 1 is 0.862 bits per heavy atom. The van der Waals surface area contributed by atoms with Gasteiger partial charge in [-0.2, -0.15) is 12.7 Å². The molecule has 1 aliphatic heterocycles. The van der Waals surface area contributed by atoms with Crippen LogP contribution in [0.25, 0.3) is 11.0 Å². The number of fused-ring (bicyclic) bond motifs is 2. The van der Waals surface area contributed by atoms with Gasteiger partial charge in [0.2, 0.25) is 0 Å². The van der Waals surface area contributed by atoms with E-state index in [1.54, 1.807) is 20.0 Å². The van der Waals surface area contributed by atoms with Crippen molar-refractivity contribution in [3.63, 3.8) is 0 Å². The third-order valence-electron chi connectivity index (χ3n) is 10.8. The molecule has 0 spiro atoms. The summed E-state index contributed by atoms with van der Waals surface area (Å²) >= 11 is 0. The van der Waals surface area contributed by atoms with Crippen LogP contribution in [0.4, 0.5) is 5.69 Å². The predicted molar refractivity (Wildman–Crippen MR) is 226 cm³/mol. The van der Waals surface area contributed by atoms with Crippen LogP contribution >= 0.6 is 0 Å². The van der Waals surface area contributed by atoms with E-state index in [0.717, 1.165) is 68.4 Å². The van der Waals surface area contributed by atoms with Gasteiger partial charge in [0.05, 0.1) is 30.8 Å². The SMILES string of the molecule is CCOC(=O)CC(c1ccc(C)c(CN2Cc3cc(OCc4ccccc4)ccc3N(C)S2(=O)=O)c1)c1ccc2c(nnn2CCCCOCc2ccccc2)c1C. The molecule has 6 aromatic rings. The molecule has 0 bridgehead atoms. The number of aryl methyl sites for hydroxylation is 3. The van der Waals surface area contributed by atoms with Crippen molar-refractivity contribution < 1.29 is 27.4 Å². The van der Waals surface area contributed by atoms with Crippen LogP contribution in [-0.4, -0.2) is 53.9 Å². The summed E-state index contributed by atoms with van der Waals surface area (Å²) < 4.78 is 50.0. The molecular weight excluding hydrogens is 751 g/mol. The van der Waals surface area contributed by atoms with E-state index in [2.05, 4.69) is 28.5 Å². The largest absolute Gasteiger partial charge is 0.489 e. The van der Waals surface area contributed by atoms with Crippen LogP contribution in [0.2, 0.25) is 0 Å². The lowest BCUT2D eigenvalue weighted by atomic mass is 9.84. The molecule has 58 heavy (non-hydrogen) atoms. The van der Waals surface area contributed by atoms with Crippen molar-refractivity contribution in [2.45, 2.75) is 78.8 Å². The van der Waals surface area contributed by atoms with Gasteiger partial charge in [-0.3, -0.25) is 9.10 Å². The van der Waals surface area contributed by atoms with E-state index in [-0.39, 0.29) is 38.0 Å². The number of unbranched alkanes of at least 4 members (excludes halogenated alkanes) is 1. The van der Waals surface area contributed by atoms with Gasteiger partial charge >= 0.3 is 16.2 Å². The molecule has 5 aromatic carbocycles. The van der Waals surface area contributed by atoms with Crippen molar-refractivity contribution in [2.75, 3.05) is 24.6 Å². The van der Waals surface area contributed by atoms with Crippen molar-refractivity contribution in [3.8, 4) is 5.75 Å². The highest BCUT2D eigenvalue weighted by atomic mass is 32.2. The Bertz CT molecular complexity index is 2460. The molecule has 1 unspecified atom stereocenters. The molecule has 7 rings (SSSR count). The zero-order valence-electron chi connectivity index (χ0n) is 33.6. The molecule has 0 aliphatic carbocycles. The Kier molecular flexibility index (Phi) is 12.9. The minimum absolute atomic E-state index is 0.115. The number of ether oxygens (including phenoxy) is 3. The Morgan fingerprint density at radius 3 is 2.34 bits per heavy atom. The first-order valence-corrected chi connectivity index (χ1v) is 21.2. The van der Waals surface area contributed by atoms with Gasteiger partial charge in [0.25, 0.3) is 0 Å². The fraction of sp³-hybridized carbons (Fsp3) is 0.326. The maximum atomic E-state index is 13.9. The normalized spacial score (nSPS) is 14.3. The summed E-state index contributed by atoms with van der Waals surface area (Å²) in [7, 11) is -2.25. The van der Waals surface area contributed by atoms with E-state index in [9.17, 15) is 13.2 Å². The topological polar surface area (TPSA) is 116 Å². The first-order valence-electron chi connectivity index (χ1n) is 19.9. The molecule has 0 N–H and O–H groups in total. The monoisotopic (exact) mass is 801 g/mol. The van der Waals surface area contributed by atoms with E-state index in [4.69, 9.17) is 14.2 Å². The fourth-order valence-corrected chi connectivity index (χ4v) is 8.93. The van der Waals surface area contributed by atoms with Gasteiger partial charge in [0.1, 0.15) is 17.9 Å². The van der Waals surface area contributed by atoms with Gasteiger partial charge in [-0.25, -0.2) is 4.68 Å². The predicted octanol–water partition coefficient (Wildman–Crippen LogP) is 8.41. The van der Waals surface area contributed by atoms with Crippen molar-refractivity contribution in [2.24, 2.45) is 0 Å². The van der Waals surface area contributed by atoms with Crippen molar-refractivity contribution >= 4 is 32.9 Å². The molecule has 0 amide bonds. The number of anilines is 1. The number of rotatable bonds is 17. The van der Waals surface area contributed by atoms with Gasteiger partial charge < -0.3 is 14.2 Å². The van der Waals surface area contributed by atoms with Crippen LogP contribution < -0.4 is 9.04 Å². The minimum atomic E-state index is -3.84. The first-order chi connectivity index (χ1) is 28.1. The average Bonchev–Trinajstić information content (AvgIpc) is 3.65. The number of hydrogen-bond acceptors (Lipinski definition) is 8. The molecular formula is C46H51N5O6S. The van der Waals surface area contributed by atoms with Crippen LogP contribution in [0, 0.1) is 13.8 Å². The smallest absolute Gasteiger partial charge is 0.306 e. The van der Waals surface area contributed by atoms with E-state index in [1.807, 2.05) is 103 Å². The minimum Gasteiger partial charge on any atom is -0.489 e. The summed E-state index contributed by atoms with van der Waals surface area (Å²) in [6, 6.07) is 35.8. The number of carbonyl (C=O) groups is 1. The highest BCUT2D eigenvalue weighted by molar-refractivity contribution is 7.90. The Balaban J connectivity index is 1.10. The highest BCUT2D eigenvalue weighted by Gasteiger charge is 2.35. The Labute approximate surface area is 341 Å². The molecule has 1 atom stereocenters. The van der Waals surface area contributed by atoms with Crippen LogP contribution in [0.1, 0.15) is 76.6 Å². The van der Waals surface area contributed by atoms with Gasteiger partial charge in [-0.15, -0.1) is 5.10 Å². The van der Waals surface area contributed by atoms with E-state index in [1.165, 1.54) is 8.61 Å². The molecule has 0 saturated carbocycles. The standard InChI is InChI=1S/C46H51N5O6S/c1-5-56-45(52)28-42(41-21-23-44-46(34(41)3)47-48-51(44)24-12-13-25-55-31-35-14-8-6-9-15-35)37-19-18-33(2)38(26-37)29-50-30-39-27-40(57-32-36-16-10-7-11-17-36)20-22-43(39)49(4)58(50,53)54/h6-11,14-23,26-27,42H,5,12-13,24-25,28-32H2,1-4H3. The van der Waals surface area contributed by atoms with Crippen molar-refractivity contribution in [1.29, 1.82) is 0 Å². The molecule has 12 heteroatoms. The van der Waals surface area contributed by atoms with Crippen molar-refractivity contribution in [3.05, 3.63) is 154 Å². The third kappa shape index (κ3) is 9.25. The summed E-state index contributed by atoms with van der Waals surface area (Å²) in [5.41, 5.74) is 9.96. The second-order valence-electron chi connectivity index (χ2n) is 14.8. The lowest BCUT2D eigenvalue weighted by Crippen LogP contribution is -2.45. The number of aromatic nitrogens is 3. The zero-order valence-corrected chi connectivity index (χ0v) is 34.5. The number of carbonyl (C=O) groups excluding carboxylic acids is 1. The van der Waals surface area contributed by atoms with E-state index in [0.29, 0.717) is 37.8 Å². The lowest BCUT2D eigenvalue weighted by Gasteiger charge is -2.35. The second kappa shape index (κ2) is 18.4. The van der Waals surface area contributed by atoms with Crippen LogP contribution in [-0.2, 0) is 57.3 Å². The van der Waals surface area contributed by atoms with Gasteiger partial charge in [-0.1, -0.05) is 90.1 Å². The molecule has 0 fully saturated rings. The third-order valence-corrected chi connectivity index (χ3v) is 12.6. The van der Waals surface area contributed by atoms with Crippen LogP contribution in [0.15, 0.2) is 109 Å². The maximum Gasteiger partial charge on any atom is 0.306 e. The van der Waals surface area contributed by atoms with Gasteiger partial charge in [-0.05, 0) is 102 Å². The Hall–Kier alpha value is -5.56. The molecule has 2 heterocycles. The maximum absolute atomic E-state index is 13.9. The summed E-state index contributed by atoms with van der Waals surface area (Å²) in [5.74, 6) is 0.00141. The number of benzene rings is 5. The Morgan fingerprint density at radius 2 is 1.60 bits per heavy atom. The molecule has 302 valence electrons. The lowest BCUT2D eigenvalue weighted by molar-refractivity contribution is -0.143. The summed E-state index contributed by atoms with van der Waals surface area (Å²) in [6.45, 7) is 8.79. The molecule has 1 aromatic heterocycles. The highest BCUT2D eigenvalue weighted by Crippen LogP contribution is 2.37. The number of nitrogens with zero attached hydrogens (tertiary/aromatic N) is 5. The first kappa shape index (κ1) is 40.6. The van der Waals surface area contributed by atoms with E-state index < -0.39 is 10.2 Å². The average molecular weight is 802 g/mol. The quantitative estimate of drug-likeness (QED) is 0.0667. The van der Waals surface area contributed by atoms with Gasteiger partial charge in [0.15, 0.2) is 0 Å². The number of hydrogen-bond donors (Lipinski definition) is 0. The summed E-state index contributed by atoms with van der Waals surface area (Å²) in [6.07, 6.45) is 1.90. The van der Waals surface area contributed by atoms with Crippen LogP contribution in [0.3, 0.4) is 0 Å². The zero-order chi connectivity index (χ0) is 40.6. The summed E-state index contributed by atoms with van der Waals surface area (Å²) in [5, 5.41) is 9.09. The molecule has 0 saturated heterocycles. The van der Waals surface area contributed by atoms with E-state index >= 15 is 0 Å². The van der Waals surface area contributed by atoms with Crippen LogP contribution in [0.5, 0.6) is 5.75 Å². The number of esters is 1. The molecule has 0 radical (unpaired) electrons. The second-order valence-corrected chi connectivity index (χ2v) is 16.7. The van der Waals surface area contributed by atoms with Gasteiger partial charge in [0, 0.05) is 39.2 Å². The summed E-state index contributed by atoms with van der Waals surface area (Å²) in [4.78, 5) is 13.1. The molecule has 1 aliphatic rings. The fourth-order valence-electron chi connectivity index (χ4n) is 7.55. The van der Waals surface area contributed by atoms with Crippen molar-refractivity contribution in [1.82, 2.24) is 19.3 Å².